The summed E-state index contributed by atoms with van der Waals surface area (Å²) in [6, 6.07) is 10.0. The van der Waals surface area contributed by atoms with Gasteiger partial charge in [-0.15, -0.1) is 0 Å². The van der Waals surface area contributed by atoms with E-state index in [9.17, 15) is 4.79 Å². The summed E-state index contributed by atoms with van der Waals surface area (Å²) >= 11 is 1.74. The standard InChI is InChI=1S/C17H20N2OS/c1-14-3-2-4-16(11-14)17(20)19-8-6-18(7-9-19)12-15-5-10-21-13-15/h2-5,10-11,13H,6-9,12H2,1H3. The van der Waals surface area contributed by atoms with E-state index < -0.39 is 0 Å². The number of nitrogens with zero attached hydrogens (tertiary/aromatic N) is 2. The van der Waals surface area contributed by atoms with Crippen LogP contribution in [0.25, 0.3) is 0 Å². The Morgan fingerprint density at radius 2 is 2.00 bits per heavy atom. The van der Waals surface area contributed by atoms with E-state index in [1.807, 2.05) is 36.1 Å². The molecule has 0 radical (unpaired) electrons. The largest absolute Gasteiger partial charge is 0.336 e. The Balaban J connectivity index is 1.57. The van der Waals surface area contributed by atoms with E-state index in [2.05, 4.69) is 21.7 Å². The number of piperazine rings is 1. The number of thiophene rings is 1. The van der Waals surface area contributed by atoms with Crippen molar-refractivity contribution in [3.8, 4) is 0 Å². The van der Waals surface area contributed by atoms with Crippen molar-refractivity contribution in [1.29, 1.82) is 0 Å². The molecule has 4 heteroatoms. The first-order valence-corrected chi connectivity index (χ1v) is 8.26. The van der Waals surface area contributed by atoms with Gasteiger partial charge < -0.3 is 4.90 Å². The molecule has 0 atom stereocenters. The predicted octanol–water partition coefficient (Wildman–Crippen LogP) is 3.01. The number of benzene rings is 1. The third-order valence-electron chi connectivity index (χ3n) is 3.91. The van der Waals surface area contributed by atoms with Crippen molar-refractivity contribution in [3.05, 3.63) is 57.8 Å². The highest BCUT2D eigenvalue weighted by Gasteiger charge is 2.22. The normalized spacial score (nSPS) is 16.1. The molecule has 1 aliphatic rings. The van der Waals surface area contributed by atoms with Crippen LogP contribution in [0.1, 0.15) is 21.5 Å². The maximum atomic E-state index is 12.5. The SMILES string of the molecule is Cc1cccc(C(=O)N2CCN(Cc3ccsc3)CC2)c1. The van der Waals surface area contributed by atoms with Crippen LogP contribution in [0.2, 0.25) is 0 Å². The molecule has 0 saturated carbocycles. The Morgan fingerprint density at radius 1 is 1.19 bits per heavy atom. The Bertz CT molecular complexity index is 601. The number of amides is 1. The molecule has 0 bridgehead atoms. The van der Waals surface area contributed by atoms with Gasteiger partial charge in [0.1, 0.15) is 0 Å². The highest BCUT2D eigenvalue weighted by Crippen LogP contribution is 2.14. The Morgan fingerprint density at radius 3 is 2.67 bits per heavy atom. The zero-order chi connectivity index (χ0) is 14.7. The van der Waals surface area contributed by atoms with Crippen LogP contribution in [0.4, 0.5) is 0 Å². The topological polar surface area (TPSA) is 23.6 Å². The van der Waals surface area contributed by atoms with E-state index in [-0.39, 0.29) is 5.91 Å². The van der Waals surface area contributed by atoms with E-state index >= 15 is 0 Å². The number of rotatable bonds is 3. The molecule has 1 amide bonds. The molecule has 1 fully saturated rings. The second-order valence-electron chi connectivity index (χ2n) is 5.57. The molecule has 21 heavy (non-hydrogen) atoms. The van der Waals surface area contributed by atoms with Crippen molar-refractivity contribution < 1.29 is 4.79 Å². The minimum absolute atomic E-state index is 0.161. The number of hydrogen-bond donors (Lipinski definition) is 0. The molecular formula is C17H20N2OS. The third kappa shape index (κ3) is 3.52. The van der Waals surface area contributed by atoms with E-state index in [0.717, 1.165) is 43.9 Å². The van der Waals surface area contributed by atoms with Crippen LogP contribution < -0.4 is 0 Å². The molecule has 0 aliphatic carbocycles. The fourth-order valence-electron chi connectivity index (χ4n) is 2.71. The van der Waals surface area contributed by atoms with Gasteiger partial charge >= 0.3 is 0 Å². The Labute approximate surface area is 129 Å². The molecule has 1 saturated heterocycles. The molecule has 0 unspecified atom stereocenters. The quantitative estimate of drug-likeness (QED) is 0.870. The van der Waals surface area contributed by atoms with Gasteiger partial charge in [-0.25, -0.2) is 0 Å². The van der Waals surface area contributed by atoms with E-state index in [1.165, 1.54) is 5.56 Å². The monoisotopic (exact) mass is 300 g/mol. The maximum Gasteiger partial charge on any atom is 0.253 e. The zero-order valence-electron chi connectivity index (χ0n) is 12.3. The van der Waals surface area contributed by atoms with Gasteiger partial charge in [0.05, 0.1) is 0 Å². The number of carbonyl (C=O) groups excluding carboxylic acids is 1. The first kappa shape index (κ1) is 14.3. The van der Waals surface area contributed by atoms with Gasteiger partial charge in [0.25, 0.3) is 5.91 Å². The zero-order valence-corrected chi connectivity index (χ0v) is 13.1. The molecule has 2 heterocycles. The van der Waals surface area contributed by atoms with Crippen molar-refractivity contribution in [3.63, 3.8) is 0 Å². The van der Waals surface area contributed by atoms with Crippen LogP contribution in [-0.2, 0) is 6.54 Å². The summed E-state index contributed by atoms with van der Waals surface area (Å²) < 4.78 is 0. The van der Waals surface area contributed by atoms with Crippen molar-refractivity contribution in [1.82, 2.24) is 9.80 Å². The van der Waals surface area contributed by atoms with Gasteiger partial charge in [0.2, 0.25) is 0 Å². The second kappa shape index (κ2) is 6.41. The number of carbonyl (C=O) groups is 1. The van der Waals surface area contributed by atoms with Crippen molar-refractivity contribution in [2.75, 3.05) is 26.2 Å². The van der Waals surface area contributed by atoms with Gasteiger partial charge in [-0.3, -0.25) is 9.69 Å². The van der Waals surface area contributed by atoms with Crippen LogP contribution >= 0.6 is 11.3 Å². The minimum Gasteiger partial charge on any atom is -0.336 e. The summed E-state index contributed by atoms with van der Waals surface area (Å²) in [4.78, 5) is 16.9. The summed E-state index contributed by atoms with van der Waals surface area (Å²) in [6.45, 7) is 6.56. The first-order chi connectivity index (χ1) is 10.2. The van der Waals surface area contributed by atoms with Gasteiger partial charge in [-0.1, -0.05) is 17.7 Å². The van der Waals surface area contributed by atoms with Crippen LogP contribution in [0.3, 0.4) is 0 Å². The fraction of sp³-hybridized carbons (Fsp3) is 0.353. The van der Waals surface area contributed by atoms with Gasteiger partial charge in [-0.2, -0.15) is 11.3 Å². The van der Waals surface area contributed by atoms with Gasteiger partial charge in [0.15, 0.2) is 0 Å². The smallest absolute Gasteiger partial charge is 0.253 e. The average molecular weight is 300 g/mol. The second-order valence-corrected chi connectivity index (χ2v) is 6.35. The molecule has 1 aromatic heterocycles. The van der Waals surface area contributed by atoms with Crippen LogP contribution in [0.15, 0.2) is 41.1 Å². The predicted molar refractivity (Wildman–Crippen MR) is 86.7 cm³/mol. The molecular weight excluding hydrogens is 280 g/mol. The molecule has 1 aliphatic heterocycles. The summed E-state index contributed by atoms with van der Waals surface area (Å²) in [5, 5.41) is 4.32. The van der Waals surface area contributed by atoms with E-state index in [1.54, 1.807) is 11.3 Å². The van der Waals surface area contributed by atoms with Crippen molar-refractivity contribution >= 4 is 17.2 Å². The highest BCUT2D eigenvalue weighted by molar-refractivity contribution is 7.07. The summed E-state index contributed by atoms with van der Waals surface area (Å²) in [7, 11) is 0. The van der Waals surface area contributed by atoms with Gasteiger partial charge in [-0.05, 0) is 41.4 Å². The lowest BCUT2D eigenvalue weighted by molar-refractivity contribution is 0.0628. The highest BCUT2D eigenvalue weighted by atomic mass is 32.1. The first-order valence-electron chi connectivity index (χ1n) is 7.32. The lowest BCUT2D eigenvalue weighted by Crippen LogP contribution is -2.48. The lowest BCUT2D eigenvalue weighted by atomic mass is 10.1. The Hall–Kier alpha value is -1.65. The van der Waals surface area contributed by atoms with E-state index in [0.29, 0.717) is 0 Å². The van der Waals surface area contributed by atoms with Crippen molar-refractivity contribution in [2.45, 2.75) is 13.5 Å². The third-order valence-corrected chi connectivity index (χ3v) is 4.64. The number of aryl methyl sites for hydroxylation is 1. The lowest BCUT2D eigenvalue weighted by Gasteiger charge is -2.34. The average Bonchev–Trinajstić information content (AvgIpc) is 3.00. The van der Waals surface area contributed by atoms with Crippen LogP contribution in [0, 0.1) is 6.92 Å². The molecule has 3 rings (SSSR count). The molecule has 0 N–H and O–H groups in total. The molecule has 0 spiro atoms. The van der Waals surface area contributed by atoms with Gasteiger partial charge in [0, 0.05) is 38.3 Å². The van der Waals surface area contributed by atoms with Crippen LogP contribution in [0.5, 0.6) is 0 Å². The van der Waals surface area contributed by atoms with Crippen LogP contribution in [-0.4, -0.2) is 41.9 Å². The molecule has 2 aromatic rings. The molecule has 110 valence electrons. The van der Waals surface area contributed by atoms with Crippen molar-refractivity contribution in [2.24, 2.45) is 0 Å². The van der Waals surface area contributed by atoms with E-state index in [4.69, 9.17) is 0 Å². The summed E-state index contributed by atoms with van der Waals surface area (Å²) in [6.07, 6.45) is 0. The fourth-order valence-corrected chi connectivity index (χ4v) is 3.37. The summed E-state index contributed by atoms with van der Waals surface area (Å²) in [5.41, 5.74) is 3.32. The Kier molecular flexibility index (Phi) is 4.36. The molecule has 3 nitrogen and oxygen atoms in total. The summed E-state index contributed by atoms with van der Waals surface area (Å²) in [5.74, 6) is 0.161. The number of hydrogen-bond acceptors (Lipinski definition) is 3. The minimum atomic E-state index is 0.161. The molecule has 1 aromatic carbocycles. The maximum absolute atomic E-state index is 12.5.